The Morgan fingerprint density at radius 3 is 2.46 bits per heavy atom. The number of benzene rings is 1. The number of allylic oxidation sites excluding steroid dienone is 1. The summed E-state index contributed by atoms with van der Waals surface area (Å²) in [6.45, 7) is 9.88. The summed E-state index contributed by atoms with van der Waals surface area (Å²) in [6.07, 6.45) is 4.03. The lowest BCUT2D eigenvalue weighted by Gasteiger charge is -2.29. The number of guanidine groups is 1. The molecule has 0 amide bonds. The van der Waals surface area contributed by atoms with Crippen molar-refractivity contribution in [2.45, 2.75) is 32.1 Å². The number of hydrogen-bond acceptors (Lipinski definition) is 3. The third-order valence-corrected chi connectivity index (χ3v) is 4.33. The fraction of sp³-hybridized carbons (Fsp3) is 0.550. The molecule has 0 unspecified atom stereocenters. The highest BCUT2D eigenvalue weighted by Gasteiger charge is 2.23. The molecular weight excluding hydrogens is 441 g/mol. The molecule has 0 fully saturated rings. The molecule has 26 heavy (non-hydrogen) atoms. The van der Waals surface area contributed by atoms with Crippen molar-refractivity contribution < 1.29 is 9.47 Å². The van der Waals surface area contributed by atoms with Gasteiger partial charge in [0.15, 0.2) is 17.5 Å². The van der Waals surface area contributed by atoms with E-state index in [-0.39, 0.29) is 29.4 Å². The molecule has 0 atom stereocenters. The number of nitrogens with zero attached hydrogens (tertiary/aromatic N) is 2. The van der Waals surface area contributed by atoms with E-state index in [0.717, 1.165) is 43.4 Å². The Bertz CT molecular complexity index is 588. The van der Waals surface area contributed by atoms with Crippen molar-refractivity contribution in [3.8, 4) is 11.5 Å². The molecule has 1 rings (SSSR count). The van der Waals surface area contributed by atoms with Crippen molar-refractivity contribution in [1.82, 2.24) is 10.2 Å². The van der Waals surface area contributed by atoms with Gasteiger partial charge >= 0.3 is 0 Å². The molecule has 0 aromatic heterocycles. The molecule has 0 aliphatic heterocycles. The fourth-order valence-corrected chi connectivity index (χ4v) is 2.62. The SMILES string of the molecule is C=CCCCN(C)C(=NC)NCC(C)(C)c1ccc(OC)c(OC)c1.I. The second-order valence-electron chi connectivity index (χ2n) is 6.71. The normalized spacial score (nSPS) is 11.4. The van der Waals surface area contributed by atoms with Crippen LogP contribution in [0.1, 0.15) is 32.3 Å². The maximum absolute atomic E-state index is 5.43. The molecule has 0 aliphatic rings. The lowest BCUT2D eigenvalue weighted by molar-refractivity contribution is 0.353. The van der Waals surface area contributed by atoms with E-state index in [1.165, 1.54) is 5.56 Å². The molecule has 1 aromatic rings. The van der Waals surface area contributed by atoms with E-state index in [2.05, 4.69) is 48.7 Å². The summed E-state index contributed by atoms with van der Waals surface area (Å²) in [4.78, 5) is 6.53. The van der Waals surface area contributed by atoms with Gasteiger partial charge in [0.05, 0.1) is 14.2 Å². The van der Waals surface area contributed by atoms with Gasteiger partial charge in [-0.25, -0.2) is 0 Å². The molecule has 0 heterocycles. The second-order valence-corrected chi connectivity index (χ2v) is 6.71. The third kappa shape index (κ3) is 7.05. The minimum absolute atomic E-state index is 0. The number of unbranched alkanes of at least 4 members (excludes halogenated alkanes) is 1. The molecule has 0 aliphatic carbocycles. The maximum atomic E-state index is 5.43. The molecular formula is C20H34IN3O2. The van der Waals surface area contributed by atoms with Gasteiger partial charge in [0, 0.05) is 32.6 Å². The molecule has 0 saturated heterocycles. The van der Waals surface area contributed by atoms with Gasteiger partial charge in [0.1, 0.15) is 0 Å². The van der Waals surface area contributed by atoms with Crippen molar-refractivity contribution in [2.75, 3.05) is 41.4 Å². The van der Waals surface area contributed by atoms with Crippen LogP contribution in [0.25, 0.3) is 0 Å². The van der Waals surface area contributed by atoms with Crippen LogP contribution in [0, 0.1) is 0 Å². The number of aliphatic imine (C=N–C) groups is 1. The first-order chi connectivity index (χ1) is 11.9. The number of halogens is 1. The summed E-state index contributed by atoms with van der Waals surface area (Å²) in [5.74, 6) is 2.39. The van der Waals surface area contributed by atoms with Crippen LogP contribution in [0.5, 0.6) is 11.5 Å². The first-order valence-corrected chi connectivity index (χ1v) is 8.64. The van der Waals surface area contributed by atoms with Crippen molar-refractivity contribution in [3.05, 3.63) is 36.4 Å². The molecule has 1 aromatic carbocycles. The largest absolute Gasteiger partial charge is 0.493 e. The standard InChI is InChI=1S/C20H33N3O2.HI/c1-8-9-10-13-23(5)19(21-4)22-15-20(2,3)16-11-12-17(24-6)18(14-16)25-7;/h8,11-12,14H,1,9-10,13,15H2,2-7H3,(H,21,22);1H. The highest BCUT2D eigenvalue weighted by molar-refractivity contribution is 14.0. The molecule has 5 nitrogen and oxygen atoms in total. The molecule has 0 spiro atoms. The van der Waals surface area contributed by atoms with Gasteiger partial charge in [0.2, 0.25) is 0 Å². The van der Waals surface area contributed by atoms with E-state index >= 15 is 0 Å². The Kier molecular flexibility index (Phi) is 11.4. The number of methoxy groups -OCH3 is 2. The average molecular weight is 475 g/mol. The van der Waals surface area contributed by atoms with Gasteiger partial charge in [-0.2, -0.15) is 0 Å². The molecule has 0 saturated carbocycles. The van der Waals surface area contributed by atoms with Gasteiger partial charge in [0.25, 0.3) is 0 Å². The first-order valence-electron chi connectivity index (χ1n) is 8.64. The quantitative estimate of drug-likeness (QED) is 0.192. The van der Waals surface area contributed by atoms with Crippen LogP contribution in [0.3, 0.4) is 0 Å². The van der Waals surface area contributed by atoms with Gasteiger partial charge < -0.3 is 19.7 Å². The zero-order valence-corrected chi connectivity index (χ0v) is 19.3. The first kappa shape index (κ1) is 24.6. The smallest absolute Gasteiger partial charge is 0.193 e. The second kappa shape index (κ2) is 12.0. The molecule has 0 radical (unpaired) electrons. The zero-order valence-electron chi connectivity index (χ0n) is 17.0. The highest BCUT2D eigenvalue weighted by atomic mass is 127. The van der Waals surface area contributed by atoms with Crippen LogP contribution in [-0.2, 0) is 5.41 Å². The topological polar surface area (TPSA) is 46.1 Å². The Balaban J connectivity index is 0.00000625. The van der Waals surface area contributed by atoms with Crippen LogP contribution in [0.4, 0.5) is 0 Å². The van der Waals surface area contributed by atoms with Crippen LogP contribution < -0.4 is 14.8 Å². The summed E-state index contributed by atoms with van der Waals surface area (Å²) >= 11 is 0. The van der Waals surface area contributed by atoms with Crippen LogP contribution >= 0.6 is 24.0 Å². The average Bonchev–Trinajstić information content (AvgIpc) is 2.61. The Labute approximate surface area is 175 Å². The Morgan fingerprint density at radius 2 is 1.92 bits per heavy atom. The van der Waals surface area contributed by atoms with Gasteiger partial charge in [-0.05, 0) is 30.5 Å². The van der Waals surface area contributed by atoms with Crippen molar-refractivity contribution >= 4 is 29.9 Å². The van der Waals surface area contributed by atoms with Crippen molar-refractivity contribution in [2.24, 2.45) is 4.99 Å². The third-order valence-electron chi connectivity index (χ3n) is 4.33. The maximum Gasteiger partial charge on any atom is 0.193 e. The summed E-state index contributed by atoms with van der Waals surface area (Å²) in [6, 6.07) is 6.07. The summed E-state index contributed by atoms with van der Waals surface area (Å²) < 4.78 is 10.8. The van der Waals surface area contributed by atoms with E-state index in [9.17, 15) is 0 Å². The van der Waals surface area contributed by atoms with E-state index in [1.54, 1.807) is 14.2 Å². The molecule has 148 valence electrons. The number of nitrogens with one attached hydrogen (secondary N) is 1. The number of ether oxygens (including phenoxy) is 2. The Morgan fingerprint density at radius 1 is 1.27 bits per heavy atom. The summed E-state index contributed by atoms with van der Waals surface area (Å²) in [5.41, 5.74) is 1.10. The van der Waals surface area contributed by atoms with Crippen molar-refractivity contribution in [3.63, 3.8) is 0 Å². The molecule has 0 bridgehead atoms. The zero-order chi connectivity index (χ0) is 18.9. The summed E-state index contributed by atoms with van der Waals surface area (Å²) in [7, 11) is 7.18. The minimum atomic E-state index is -0.0859. The predicted octanol–water partition coefficient (Wildman–Crippen LogP) is 4.07. The van der Waals surface area contributed by atoms with E-state index < -0.39 is 0 Å². The highest BCUT2D eigenvalue weighted by Crippen LogP contribution is 2.32. The van der Waals surface area contributed by atoms with Gasteiger partial charge in [-0.1, -0.05) is 26.0 Å². The van der Waals surface area contributed by atoms with E-state index in [4.69, 9.17) is 9.47 Å². The number of rotatable bonds is 9. The van der Waals surface area contributed by atoms with Crippen molar-refractivity contribution in [1.29, 1.82) is 0 Å². The molecule has 1 N–H and O–H groups in total. The van der Waals surface area contributed by atoms with E-state index in [0.29, 0.717) is 0 Å². The number of hydrogen-bond donors (Lipinski definition) is 1. The minimum Gasteiger partial charge on any atom is -0.493 e. The summed E-state index contributed by atoms with van der Waals surface area (Å²) in [5, 5.41) is 3.48. The van der Waals surface area contributed by atoms with Gasteiger partial charge in [-0.15, -0.1) is 30.6 Å². The predicted molar refractivity (Wildman–Crippen MR) is 121 cm³/mol. The van der Waals surface area contributed by atoms with Gasteiger partial charge in [-0.3, -0.25) is 4.99 Å². The van der Waals surface area contributed by atoms with Crippen LogP contribution in [-0.4, -0.2) is 52.3 Å². The fourth-order valence-electron chi connectivity index (χ4n) is 2.62. The monoisotopic (exact) mass is 475 g/mol. The lowest BCUT2D eigenvalue weighted by Crippen LogP contribution is -2.44. The lowest BCUT2D eigenvalue weighted by atomic mass is 9.84. The van der Waals surface area contributed by atoms with Crippen LogP contribution in [0.15, 0.2) is 35.8 Å². The van der Waals surface area contributed by atoms with E-state index in [1.807, 2.05) is 25.3 Å². The Hall–Kier alpha value is -1.44. The van der Waals surface area contributed by atoms with Crippen LogP contribution in [0.2, 0.25) is 0 Å². The molecule has 6 heteroatoms.